The van der Waals surface area contributed by atoms with Crippen LogP contribution < -0.4 is 16.7 Å². The number of pyridine rings is 1. The van der Waals surface area contributed by atoms with E-state index in [1.54, 1.807) is 6.20 Å². The minimum absolute atomic E-state index is 0.224. The van der Waals surface area contributed by atoms with E-state index < -0.39 is 0 Å². The number of aromatic nitrogens is 5. The molecule has 128 valence electrons. The van der Waals surface area contributed by atoms with Crippen molar-refractivity contribution in [2.24, 2.45) is 4.99 Å². The van der Waals surface area contributed by atoms with Crippen LogP contribution in [0.5, 0.6) is 0 Å². The largest absolute Gasteiger partial charge is 0.382 e. The lowest BCUT2D eigenvalue weighted by Crippen LogP contribution is -2.29. The summed E-state index contributed by atoms with van der Waals surface area (Å²) < 4.78 is 1.53. The summed E-state index contributed by atoms with van der Waals surface area (Å²) in [5.74, 6) is 1.21. The van der Waals surface area contributed by atoms with Crippen LogP contribution in [0.15, 0.2) is 28.1 Å². The SMILES string of the molecule is Cc1ccc(Cn2c(=O)[nH]c3c(N)nc(C4=NCC(C)N4)nc32)cn1. The topological polar surface area (TPSA) is 127 Å². The molecule has 0 saturated carbocycles. The highest BCUT2D eigenvalue weighted by Crippen LogP contribution is 2.16. The summed E-state index contributed by atoms with van der Waals surface area (Å²) in [6.07, 6.45) is 1.75. The van der Waals surface area contributed by atoms with Crippen molar-refractivity contribution in [2.75, 3.05) is 12.3 Å². The number of nitrogens with zero attached hydrogens (tertiary/aromatic N) is 5. The number of aliphatic imine (C=N–C) groups is 1. The van der Waals surface area contributed by atoms with Crippen LogP contribution >= 0.6 is 0 Å². The molecule has 25 heavy (non-hydrogen) atoms. The Morgan fingerprint density at radius 1 is 1.36 bits per heavy atom. The normalized spacial score (nSPS) is 16.9. The molecule has 0 aliphatic carbocycles. The molecule has 0 saturated heterocycles. The third-order valence-corrected chi connectivity index (χ3v) is 4.08. The van der Waals surface area contributed by atoms with Crippen molar-refractivity contribution in [2.45, 2.75) is 26.4 Å². The van der Waals surface area contributed by atoms with Crippen LogP contribution in [-0.4, -0.2) is 42.9 Å². The highest BCUT2D eigenvalue weighted by molar-refractivity contribution is 5.99. The monoisotopic (exact) mass is 338 g/mol. The van der Waals surface area contributed by atoms with Gasteiger partial charge >= 0.3 is 5.69 Å². The Balaban J connectivity index is 1.81. The van der Waals surface area contributed by atoms with Gasteiger partial charge < -0.3 is 16.0 Å². The Bertz CT molecular complexity index is 1030. The van der Waals surface area contributed by atoms with Gasteiger partial charge in [0, 0.05) is 17.9 Å². The molecule has 9 heteroatoms. The first-order valence-electron chi connectivity index (χ1n) is 8.00. The highest BCUT2D eigenvalue weighted by atomic mass is 16.1. The molecule has 0 aromatic carbocycles. The van der Waals surface area contributed by atoms with Crippen LogP contribution in [0, 0.1) is 6.92 Å². The Labute approximate surface area is 143 Å². The molecule has 3 aromatic heterocycles. The fourth-order valence-electron chi connectivity index (χ4n) is 2.77. The van der Waals surface area contributed by atoms with Gasteiger partial charge in [0.05, 0.1) is 13.1 Å². The summed E-state index contributed by atoms with van der Waals surface area (Å²) >= 11 is 0. The predicted octanol–water partition coefficient (Wildman–Crippen LogP) is 0.192. The zero-order valence-electron chi connectivity index (χ0n) is 13.9. The zero-order chi connectivity index (χ0) is 17.6. The zero-order valence-corrected chi connectivity index (χ0v) is 13.9. The van der Waals surface area contributed by atoms with Crippen LogP contribution in [0.1, 0.15) is 24.0 Å². The van der Waals surface area contributed by atoms with Gasteiger partial charge in [-0.05, 0) is 25.5 Å². The fraction of sp³-hybridized carbons (Fsp3) is 0.312. The third-order valence-electron chi connectivity index (χ3n) is 4.08. The van der Waals surface area contributed by atoms with Crippen LogP contribution in [0.4, 0.5) is 5.82 Å². The number of aromatic amines is 1. The molecular formula is C16H18N8O. The number of amidine groups is 1. The number of imidazole rings is 1. The van der Waals surface area contributed by atoms with Crippen molar-refractivity contribution < 1.29 is 0 Å². The van der Waals surface area contributed by atoms with Gasteiger partial charge in [-0.15, -0.1) is 0 Å². The molecule has 0 fully saturated rings. The van der Waals surface area contributed by atoms with Crippen LogP contribution in [0.2, 0.25) is 0 Å². The summed E-state index contributed by atoms with van der Waals surface area (Å²) in [6.45, 7) is 4.94. The molecule has 1 aliphatic rings. The number of fused-ring (bicyclic) bond motifs is 1. The molecule has 1 aliphatic heterocycles. The maximum Gasteiger partial charge on any atom is 0.328 e. The van der Waals surface area contributed by atoms with Gasteiger partial charge in [0.2, 0.25) is 0 Å². The van der Waals surface area contributed by atoms with E-state index in [2.05, 4.69) is 30.2 Å². The molecule has 1 atom stereocenters. The van der Waals surface area contributed by atoms with Crippen LogP contribution in [-0.2, 0) is 6.54 Å². The quantitative estimate of drug-likeness (QED) is 0.626. The maximum absolute atomic E-state index is 12.4. The average Bonchev–Trinajstić information content (AvgIpc) is 3.15. The molecule has 0 amide bonds. The molecule has 0 spiro atoms. The van der Waals surface area contributed by atoms with Crippen LogP contribution in [0.3, 0.4) is 0 Å². The number of rotatable bonds is 3. The summed E-state index contributed by atoms with van der Waals surface area (Å²) in [6, 6.07) is 4.06. The Kier molecular flexibility index (Phi) is 3.48. The first kappa shape index (κ1) is 15.3. The lowest BCUT2D eigenvalue weighted by atomic mass is 10.2. The maximum atomic E-state index is 12.4. The van der Waals surface area contributed by atoms with Gasteiger partial charge in [-0.3, -0.25) is 14.5 Å². The van der Waals surface area contributed by atoms with E-state index >= 15 is 0 Å². The lowest BCUT2D eigenvalue weighted by molar-refractivity contribution is 0.724. The van der Waals surface area contributed by atoms with Gasteiger partial charge in [0.15, 0.2) is 23.1 Å². The van der Waals surface area contributed by atoms with Crippen molar-refractivity contribution >= 4 is 22.8 Å². The van der Waals surface area contributed by atoms with E-state index in [1.165, 1.54) is 4.57 Å². The molecular weight excluding hydrogens is 320 g/mol. The van der Waals surface area contributed by atoms with Gasteiger partial charge in [0.25, 0.3) is 0 Å². The average molecular weight is 338 g/mol. The predicted molar refractivity (Wildman–Crippen MR) is 94.6 cm³/mol. The summed E-state index contributed by atoms with van der Waals surface area (Å²) in [4.78, 5) is 32.5. The number of aryl methyl sites for hydroxylation is 1. The summed E-state index contributed by atoms with van der Waals surface area (Å²) in [5, 5.41) is 3.21. The van der Waals surface area contributed by atoms with Gasteiger partial charge in [-0.1, -0.05) is 6.07 Å². The summed E-state index contributed by atoms with van der Waals surface area (Å²) in [5.41, 5.74) is 8.44. The fourth-order valence-corrected chi connectivity index (χ4v) is 2.77. The second-order valence-electron chi connectivity index (χ2n) is 6.19. The molecule has 0 bridgehead atoms. The van der Waals surface area contributed by atoms with E-state index in [1.807, 2.05) is 26.0 Å². The van der Waals surface area contributed by atoms with Gasteiger partial charge in [0.1, 0.15) is 5.52 Å². The molecule has 4 heterocycles. The smallest absolute Gasteiger partial charge is 0.328 e. The van der Waals surface area contributed by atoms with E-state index in [9.17, 15) is 4.79 Å². The standard InChI is InChI=1S/C16H18N8O/c1-8-3-4-10(6-18-8)7-24-15-11(21-16(24)25)12(17)22-14(23-15)13-19-5-9(2)20-13/h3-4,6,9H,5,7H2,1-2H3,(H,19,20)(H,21,25)(H2,17,22,23). The first-order chi connectivity index (χ1) is 12.0. The number of hydrogen-bond acceptors (Lipinski definition) is 7. The van der Waals surface area contributed by atoms with Crippen molar-refractivity contribution in [1.29, 1.82) is 0 Å². The molecule has 9 nitrogen and oxygen atoms in total. The first-order valence-corrected chi connectivity index (χ1v) is 8.00. The number of nitrogens with two attached hydrogens (primary N) is 1. The van der Waals surface area contributed by atoms with Crippen molar-refractivity contribution in [1.82, 2.24) is 29.8 Å². The molecule has 1 unspecified atom stereocenters. The second kappa shape index (κ2) is 5.69. The third kappa shape index (κ3) is 2.73. The van der Waals surface area contributed by atoms with Gasteiger partial charge in [-0.25, -0.2) is 14.8 Å². The van der Waals surface area contributed by atoms with E-state index in [4.69, 9.17) is 5.73 Å². The molecule has 0 radical (unpaired) electrons. The molecule has 4 N–H and O–H groups in total. The number of anilines is 1. The van der Waals surface area contributed by atoms with Gasteiger partial charge in [-0.2, -0.15) is 0 Å². The number of hydrogen-bond donors (Lipinski definition) is 3. The van der Waals surface area contributed by atoms with E-state index in [-0.39, 0.29) is 17.5 Å². The second-order valence-corrected chi connectivity index (χ2v) is 6.19. The lowest BCUT2D eigenvalue weighted by Gasteiger charge is -2.07. The number of H-pyrrole nitrogens is 1. The minimum Gasteiger partial charge on any atom is -0.382 e. The van der Waals surface area contributed by atoms with Crippen molar-refractivity contribution in [3.8, 4) is 0 Å². The minimum atomic E-state index is -0.289. The molecule has 4 rings (SSSR count). The summed E-state index contributed by atoms with van der Waals surface area (Å²) in [7, 11) is 0. The van der Waals surface area contributed by atoms with E-state index in [0.717, 1.165) is 11.3 Å². The Hall–Kier alpha value is -3.23. The van der Waals surface area contributed by atoms with Crippen LogP contribution in [0.25, 0.3) is 11.2 Å². The number of nitrogens with one attached hydrogen (secondary N) is 2. The van der Waals surface area contributed by atoms with E-state index in [0.29, 0.717) is 35.9 Å². The number of nitrogen functional groups attached to an aromatic ring is 1. The highest BCUT2D eigenvalue weighted by Gasteiger charge is 2.20. The van der Waals surface area contributed by atoms with Crippen molar-refractivity contribution in [3.63, 3.8) is 0 Å². The van der Waals surface area contributed by atoms with Crippen molar-refractivity contribution in [3.05, 3.63) is 45.9 Å². The molecule has 3 aromatic rings. The Morgan fingerprint density at radius 2 is 2.20 bits per heavy atom. The Morgan fingerprint density at radius 3 is 2.88 bits per heavy atom.